The summed E-state index contributed by atoms with van der Waals surface area (Å²) >= 11 is 0. The van der Waals surface area contributed by atoms with Gasteiger partial charge in [-0.3, -0.25) is 14.9 Å². The molecule has 1 heterocycles. The number of rotatable bonds is 8. The SMILES string of the molecule is CCN(CC)CCc1nc2cc(NC(=O)c3ccc([N+](=O)[O-])cc3)ccc2n1C. The molecule has 0 aliphatic heterocycles. The first-order valence-corrected chi connectivity index (χ1v) is 9.66. The van der Waals surface area contributed by atoms with E-state index in [-0.39, 0.29) is 11.6 Å². The normalized spacial score (nSPS) is 11.2. The Hall–Kier alpha value is -3.26. The largest absolute Gasteiger partial charge is 0.331 e. The van der Waals surface area contributed by atoms with Crippen molar-refractivity contribution >= 4 is 28.3 Å². The van der Waals surface area contributed by atoms with Gasteiger partial charge in [0.15, 0.2) is 0 Å². The molecule has 0 bridgehead atoms. The van der Waals surface area contributed by atoms with Crippen molar-refractivity contribution in [1.82, 2.24) is 14.5 Å². The maximum absolute atomic E-state index is 12.4. The topological polar surface area (TPSA) is 93.3 Å². The van der Waals surface area contributed by atoms with Crippen molar-refractivity contribution in [3.05, 3.63) is 64.0 Å². The third-order valence-electron chi connectivity index (χ3n) is 5.12. The molecule has 1 aromatic heterocycles. The van der Waals surface area contributed by atoms with Crippen LogP contribution in [0.1, 0.15) is 30.0 Å². The molecule has 29 heavy (non-hydrogen) atoms. The quantitative estimate of drug-likeness (QED) is 0.464. The van der Waals surface area contributed by atoms with E-state index in [4.69, 9.17) is 4.98 Å². The molecule has 8 nitrogen and oxygen atoms in total. The van der Waals surface area contributed by atoms with Crippen molar-refractivity contribution in [2.24, 2.45) is 7.05 Å². The van der Waals surface area contributed by atoms with Gasteiger partial charge in [0.05, 0.1) is 16.0 Å². The molecule has 0 fully saturated rings. The lowest BCUT2D eigenvalue weighted by atomic mass is 10.2. The summed E-state index contributed by atoms with van der Waals surface area (Å²) < 4.78 is 2.08. The number of aryl methyl sites for hydroxylation is 1. The molecule has 0 aliphatic carbocycles. The number of nitro groups is 1. The van der Waals surface area contributed by atoms with Crippen LogP contribution in [0.4, 0.5) is 11.4 Å². The van der Waals surface area contributed by atoms with Gasteiger partial charge in [0, 0.05) is 43.4 Å². The highest BCUT2D eigenvalue weighted by Gasteiger charge is 2.13. The number of likely N-dealkylation sites (N-methyl/N-ethyl adjacent to an activating group) is 1. The lowest BCUT2D eigenvalue weighted by molar-refractivity contribution is -0.384. The van der Waals surface area contributed by atoms with E-state index in [0.29, 0.717) is 11.3 Å². The molecule has 3 aromatic rings. The number of nitrogens with zero attached hydrogens (tertiary/aromatic N) is 4. The standard InChI is InChI=1S/C21H25N5O3/c1-4-25(5-2)13-12-20-23-18-14-16(8-11-19(18)24(20)3)22-21(27)15-6-9-17(10-7-15)26(28)29/h6-11,14H,4-5,12-13H2,1-3H3,(H,22,27). The number of imidazole rings is 1. The summed E-state index contributed by atoms with van der Waals surface area (Å²) in [4.78, 5) is 29.8. The Kier molecular flexibility index (Phi) is 6.23. The summed E-state index contributed by atoms with van der Waals surface area (Å²) in [5.74, 6) is 0.683. The van der Waals surface area contributed by atoms with Gasteiger partial charge in [0.25, 0.3) is 11.6 Å². The number of carbonyl (C=O) groups is 1. The van der Waals surface area contributed by atoms with Crippen LogP contribution < -0.4 is 5.32 Å². The van der Waals surface area contributed by atoms with Gasteiger partial charge in [-0.25, -0.2) is 4.98 Å². The summed E-state index contributed by atoms with van der Waals surface area (Å²) in [5.41, 5.74) is 2.77. The van der Waals surface area contributed by atoms with Crippen LogP contribution in [0.3, 0.4) is 0 Å². The molecule has 0 atom stereocenters. The van der Waals surface area contributed by atoms with E-state index >= 15 is 0 Å². The third-order valence-corrected chi connectivity index (χ3v) is 5.12. The van der Waals surface area contributed by atoms with Crippen molar-refractivity contribution in [1.29, 1.82) is 0 Å². The van der Waals surface area contributed by atoms with Crippen molar-refractivity contribution in [3.63, 3.8) is 0 Å². The summed E-state index contributed by atoms with van der Waals surface area (Å²) in [7, 11) is 2.00. The fourth-order valence-electron chi connectivity index (χ4n) is 3.29. The van der Waals surface area contributed by atoms with Gasteiger partial charge in [-0.1, -0.05) is 13.8 Å². The molecule has 3 rings (SSSR count). The molecule has 0 saturated carbocycles. The smallest absolute Gasteiger partial charge is 0.269 e. The fraction of sp³-hybridized carbons (Fsp3) is 0.333. The average Bonchev–Trinajstić information content (AvgIpc) is 3.04. The average molecular weight is 395 g/mol. The van der Waals surface area contributed by atoms with Crippen LogP contribution >= 0.6 is 0 Å². The van der Waals surface area contributed by atoms with Gasteiger partial charge < -0.3 is 14.8 Å². The van der Waals surface area contributed by atoms with Gasteiger partial charge in [-0.2, -0.15) is 0 Å². The molecule has 0 aliphatic rings. The zero-order valence-electron chi connectivity index (χ0n) is 16.9. The number of non-ortho nitro benzene ring substituents is 1. The van der Waals surface area contributed by atoms with Crippen LogP contribution in [-0.2, 0) is 13.5 Å². The van der Waals surface area contributed by atoms with Crippen molar-refractivity contribution in [2.45, 2.75) is 20.3 Å². The molecule has 0 saturated heterocycles. The first kappa shape index (κ1) is 20.5. The Morgan fingerprint density at radius 3 is 2.48 bits per heavy atom. The van der Waals surface area contributed by atoms with Crippen LogP contribution in [0.2, 0.25) is 0 Å². The summed E-state index contributed by atoms with van der Waals surface area (Å²) in [6, 6.07) is 11.1. The van der Waals surface area contributed by atoms with Crippen LogP contribution in [0, 0.1) is 10.1 Å². The van der Waals surface area contributed by atoms with E-state index in [1.54, 1.807) is 0 Å². The minimum absolute atomic E-state index is 0.0475. The number of fused-ring (bicyclic) bond motifs is 1. The second-order valence-corrected chi connectivity index (χ2v) is 6.83. The zero-order valence-corrected chi connectivity index (χ0v) is 16.9. The minimum atomic E-state index is -0.492. The Morgan fingerprint density at radius 2 is 1.86 bits per heavy atom. The summed E-state index contributed by atoms with van der Waals surface area (Å²) in [6.45, 7) is 7.28. The number of nitro benzene ring substituents is 1. The Bertz CT molecular complexity index is 1020. The number of nitrogens with one attached hydrogen (secondary N) is 1. The Labute approximate surface area is 169 Å². The van der Waals surface area contributed by atoms with Gasteiger partial charge in [0.1, 0.15) is 5.82 Å². The minimum Gasteiger partial charge on any atom is -0.331 e. The number of anilines is 1. The lowest BCUT2D eigenvalue weighted by Crippen LogP contribution is -2.26. The van der Waals surface area contributed by atoms with Crippen LogP contribution in [0.15, 0.2) is 42.5 Å². The molecular weight excluding hydrogens is 370 g/mol. The van der Waals surface area contributed by atoms with Crippen molar-refractivity contribution in [2.75, 3.05) is 25.0 Å². The van der Waals surface area contributed by atoms with E-state index in [1.807, 2.05) is 25.2 Å². The fourth-order valence-corrected chi connectivity index (χ4v) is 3.29. The van der Waals surface area contributed by atoms with E-state index in [1.165, 1.54) is 24.3 Å². The maximum atomic E-state index is 12.4. The first-order valence-electron chi connectivity index (χ1n) is 9.66. The molecule has 2 aromatic carbocycles. The van der Waals surface area contributed by atoms with E-state index in [2.05, 4.69) is 28.6 Å². The van der Waals surface area contributed by atoms with Gasteiger partial charge >= 0.3 is 0 Å². The molecule has 1 N–H and O–H groups in total. The second kappa shape index (κ2) is 8.83. The van der Waals surface area contributed by atoms with Gasteiger partial charge in [-0.15, -0.1) is 0 Å². The number of benzene rings is 2. The second-order valence-electron chi connectivity index (χ2n) is 6.83. The molecule has 152 valence electrons. The van der Waals surface area contributed by atoms with E-state index in [0.717, 1.165) is 42.9 Å². The van der Waals surface area contributed by atoms with Crippen LogP contribution in [0.5, 0.6) is 0 Å². The van der Waals surface area contributed by atoms with E-state index in [9.17, 15) is 14.9 Å². The van der Waals surface area contributed by atoms with Crippen LogP contribution in [0.25, 0.3) is 11.0 Å². The number of amides is 1. The molecule has 0 spiro atoms. The highest BCUT2D eigenvalue weighted by atomic mass is 16.6. The lowest BCUT2D eigenvalue weighted by Gasteiger charge is -2.17. The monoisotopic (exact) mass is 395 g/mol. The number of aromatic nitrogens is 2. The van der Waals surface area contributed by atoms with Gasteiger partial charge in [-0.05, 0) is 43.4 Å². The zero-order chi connectivity index (χ0) is 21.0. The molecule has 0 unspecified atom stereocenters. The highest BCUT2D eigenvalue weighted by Crippen LogP contribution is 2.21. The first-order chi connectivity index (χ1) is 13.9. The van der Waals surface area contributed by atoms with Gasteiger partial charge in [0.2, 0.25) is 0 Å². The molecule has 0 radical (unpaired) electrons. The molecule has 1 amide bonds. The highest BCUT2D eigenvalue weighted by molar-refractivity contribution is 6.05. The Balaban J connectivity index is 1.75. The van der Waals surface area contributed by atoms with E-state index < -0.39 is 4.92 Å². The van der Waals surface area contributed by atoms with Crippen molar-refractivity contribution < 1.29 is 9.72 Å². The number of hydrogen-bond acceptors (Lipinski definition) is 5. The van der Waals surface area contributed by atoms with Crippen LogP contribution in [-0.4, -0.2) is 44.9 Å². The number of hydrogen-bond donors (Lipinski definition) is 1. The molecular formula is C21H25N5O3. The summed E-state index contributed by atoms with van der Waals surface area (Å²) in [6.07, 6.45) is 0.858. The predicted molar refractivity (Wildman–Crippen MR) is 113 cm³/mol. The third kappa shape index (κ3) is 4.60. The van der Waals surface area contributed by atoms with Crippen molar-refractivity contribution in [3.8, 4) is 0 Å². The summed E-state index contributed by atoms with van der Waals surface area (Å²) in [5, 5.41) is 13.6. The maximum Gasteiger partial charge on any atom is 0.269 e. The Morgan fingerprint density at radius 1 is 1.17 bits per heavy atom. The predicted octanol–water partition coefficient (Wildman–Crippen LogP) is 3.62. The number of carbonyl (C=O) groups excluding carboxylic acids is 1. The molecule has 8 heteroatoms.